The third-order valence-corrected chi connectivity index (χ3v) is 5.08. The average Bonchev–Trinajstić information content (AvgIpc) is 2.55. The number of non-ortho nitro benzene ring substituents is 1. The van der Waals surface area contributed by atoms with E-state index in [1.807, 2.05) is 0 Å². The first-order chi connectivity index (χ1) is 11.3. The van der Waals surface area contributed by atoms with E-state index >= 15 is 0 Å². The maximum atomic E-state index is 12.7. The van der Waals surface area contributed by atoms with Crippen molar-refractivity contribution in [1.29, 1.82) is 0 Å². The zero-order valence-corrected chi connectivity index (χ0v) is 13.9. The van der Waals surface area contributed by atoms with Gasteiger partial charge in [0.25, 0.3) is 5.69 Å². The van der Waals surface area contributed by atoms with Crippen LogP contribution in [0.3, 0.4) is 0 Å². The van der Waals surface area contributed by atoms with Gasteiger partial charge in [0, 0.05) is 18.7 Å². The molecule has 126 valence electrons. The fraction of sp³-hybridized carbons (Fsp3) is 0.133. The number of hydrogen-bond acceptors (Lipinski definition) is 5. The van der Waals surface area contributed by atoms with Gasteiger partial charge in [0.1, 0.15) is 0 Å². The van der Waals surface area contributed by atoms with Gasteiger partial charge in [-0.25, -0.2) is 8.42 Å². The van der Waals surface area contributed by atoms with Gasteiger partial charge in [-0.05, 0) is 23.2 Å². The Morgan fingerprint density at radius 1 is 1.12 bits per heavy atom. The Morgan fingerprint density at radius 3 is 2.38 bits per heavy atom. The Bertz CT molecular complexity index is 855. The Labute approximate surface area is 143 Å². The lowest BCUT2D eigenvalue weighted by molar-refractivity contribution is -0.385. The highest BCUT2D eigenvalue weighted by Crippen LogP contribution is 2.22. The minimum Gasteiger partial charge on any atom is -0.280 e. The molecule has 0 heterocycles. The van der Waals surface area contributed by atoms with Crippen LogP contribution in [0, 0.1) is 10.1 Å². The van der Waals surface area contributed by atoms with Crippen molar-refractivity contribution in [2.45, 2.75) is 11.4 Å². The molecule has 0 amide bonds. The molecule has 24 heavy (non-hydrogen) atoms. The normalized spacial score (nSPS) is 11.4. The first-order valence-electron chi connectivity index (χ1n) is 6.77. The molecule has 9 heteroatoms. The molecular formula is C15H13ClN2O5S. The molecule has 0 aromatic heterocycles. The van der Waals surface area contributed by atoms with Crippen molar-refractivity contribution in [2.24, 2.45) is 0 Å². The Hall–Kier alpha value is -2.29. The predicted octanol–water partition coefficient (Wildman–Crippen LogP) is 2.55. The molecule has 0 aliphatic carbocycles. The number of carbonyl (C=O) groups is 1. The van der Waals surface area contributed by atoms with E-state index in [1.165, 1.54) is 18.2 Å². The van der Waals surface area contributed by atoms with E-state index < -0.39 is 26.7 Å². The lowest BCUT2D eigenvalue weighted by atomic mass is 10.2. The third-order valence-electron chi connectivity index (χ3n) is 3.17. The summed E-state index contributed by atoms with van der Waals surface area (Å²) in [6, 6.07) is 13.3. The molecule has 2 rings (SSSR count). The predicted molar refractivity (Wildman–Crippen MR) is 88.0 cm³/mol. The second-order valence-corrected chi connectivity index (χ2v) is 7.23. The summed E-state index contributed by atoms with van der Waals surface area (Å²) in [6.45, 7) is -0.619. The van der Waals surface area contributed by atoms with Gasteiger partial charge in [0.05, 0.1) is 16.4 Å². The molecule has 0 unspecified atom stereocenters. The van der Waals surface area contributed by atoms with Crippen molar-refractivity contribution in [3.8, 4) is 0 Å². The van der Waals surface area contributed by atoms with Crippen molar-refractivity contribution >= 4 is 32.6 Å². The van der Waals surface area contributed by atoms with Crippen LogP contribution in [0.25, 0.3) is 0 Å². The lowest BCUT2D eigenvalue weighted by Gasteiger charge is -2.20. The number of nitro groups is 1. The maximum absolute atomic E-state index is 12.7. The summed E-state index contributed by atoms with van der Waals surface area (Å²) in [5.74, 6) is 0. The molecule has 0 atom stereocenters. The topological polar surface area (TPSA) is 97.6 Å². The first kappa shape index (κ1) is 18.1. The van der Waals surface area contributed by atoms with Crippen LogP contribution in [0.15, 0.2) is 59.5 Å². The van der Waals surface area contributed by atoms with Gasteiger partial charge in [0.15, 0.2) is 0 Å². The second-order valence-electron chi connectivity index (χ2n) is 4.87. The van der Waals surface area contributed by atoms with Crippen LogP contribution in [0.5, 0.6) is 0 Å². The van der Waals surface area contributed by atoms with Crippen LogP contribution in [0.4, 0.5) is 5.69 Å². The number of halogens is 1. The summed E-state index contributed by atoms with van der Waals surface area (Å²) in [5.41, 5.74) is 0.303. The van der Waals surface area contributed by atoms with E-state index in [0.29, 0.717) is 5.56 Å². The Kier molecular flexibility index (Phi) is 5.66. The summed E-state index contributed by atoms with van der Waals surface area (Å²) in [7, 11) is -4.13. The molecule has 2 aromatic rings. The van der Waals surface area contributed by atoms with Crippen LogP contribution < -0.4 is 0 Å². The van der Waals surface area contributed by atoms with Crippen molar-refractivity contribution in [3.63, 3.8) is 0 Å². The lowest BCUT2D eigenvalue weighted by Crippen LogP contribution is -2.34. The highest BCUT2D eigenvalue weighted by molar-refractivity contribution is 7.89. The number of rotatable bonds is 7. The van der Waals surface area contributed by atoms with Crippen molar-refractivity contribution in [3.05, 3.63) is 70.3 Å². The molecular weight excluding hydrogens is 356 g/mol. The molecule has 0 aliphatic rings. The number of hydrogen-bond donors (Lipinski definition) is 0. The highest BCUT2D eigenvalue weighted by Gasteiger charge is 2.27. The largest absolute Gasteiger partial charge is 0.280 e. The van der Waals surface area contributed by atoms with Crippen LogP contribution in [-0.4, -0.2) is 29.4 Å². The SMILES string of the molecule is O=C(Cl)CN(Cc1ccccc1)S(=O)(=O)c1cccc([N+](=O)[O-])c1. The molecule has 2 aromatic carbocycles. The maximum Gasteiger partial charge on any atom is 0.270 e. The third kappa shape index (κ3) is 4.38. The summed E-state index contributed by atoms with van der Waals surface area (Å²) in [4.78, 5) is 21.1. The monoisotopic (exact) mass is 368 g/mol. The van der Waals surface area contributed by atoms with E-state index in [1.54, 1.807) is 30.3 Å². The number of sulfonamides is 1. The van der Waals surface area contributed by atoms with Gasteiger partial charge in [0.2, 0.25) is 15.3 Å². The van der Waals surface area contributed by atoms with Gasteiger partial charge in [-0.2, -0.15) is 4.31 Å². The standard InChI is InChI=1S/C15H13ClN2O5S/c16-15(19)11-17(10-12-5-2-1-3-6-12)24(22,23)14-8-4-7-13(9-14)18(20)21/h1-9H,10-11H2. The molecule has 0 fully saturated rings. The Morgan fingerprint density at radius 2 is 1.79 bits per heavy atom. The number of nitrogens with zero attached hydrogens (tertiary/aromatic N) is 2. The van der Waals surface area contributed by atoms with Crippen molar-refractivity contribution < 1.29 is 18.1 Å². The summed E-state index contributed by atoms with van der Waals surface area (Å²) < 4.78 is 26.4. The molecule has 0 saturated carbocycles. The minimum absolute atomic E-state index is 0.0790. The quantitative estimate of drug-likeness (QED) is 0.425. The van der Waals surface area contributed by atoms with E-state index in [-0.39, 0.29) is 17.1 Å². The minimum atomic E-state index is -4.13. The van der Waals surface area contributed by atoms with Gasteiger partial charge < -0.3 is 0 Å². The summed E-state index contributed by atoms with van der Waals surface area (Å²) >= 11 is 5.36. The Balaban J connectivity index is 2.41. The molecule has 0 radical (unpaired) electrons. The van der Waals surface area contributed by atoms with E-state index in [2.05, 4.69) is 0 Å². The second kappa shape index (κ2) is 7.52. The zero-order valence-electron chi connectivity index (χ0n) is 12.3. The fourth-order valence-electron chi connectivity index (χ4n) is 2.06. The first-order valence-corrected chi connectivity index (χ1v) is 8.59. The number of benzene rings is 2. The van der Waals surface area contributed by atoms with Gasteiger partial charge in [-0.15, -0.1) is 0 Å². The fourth-order valence-corrected chi connectivity index (χ4v) is 3.70. The van der Waals surface area contributed by atoms with Crippen LogP contribution in [-0.2, 0) is 21.4 Å². The smallest absolute Gasteiger partial charge is 0.270 e. The van der Waals surface area contributed by atoms with E-state index in [0.717, 1.165) is 10.4 Å². The van der Waals surface area contributed by atoms with Gasteiger partial charge in [-0.1, -0.05) is 36.4 Å². The molecule has 0 bridgehead atoms. The average molecular weight is 369 g/mol. The van der Waals surface area contributed by atoms with E-state index in [4.69, 9.17) is 11.6 Å². The molecule has 7 nitrogen and oxygen atoms in total. The van der Waals surface area contributed by atoms with Crippen LogP contribution >= 0.6 is 11.6 Å². The van der Waals surface area contributed by atoms with Crippen LogP contribution in [0.1, 0.15) is 5.56 Å². The van der Waals surface area contributed by atoms with Crippen molar-refractivity contribution in [2.75, 3.05) is 6.54 Å². The summed E-state index contributed by atoms with van der Waals surface area (Å²) in [6.07, 6.45) is 0. The van der Waals surface area contributed by atoms with Gasteiger partial charge in [-0.3, -0.25) is 14.9 Å². The van der Waals surface area contributed by atoms with Crippen molar-refractivity contribution in [1.82, 2.24) is 4.31 Å². The van der Waals surface area contributed by atoms with E-state index in [9.17, 15) is 23.3 Å². The number of carbonyl (C=O) groups excluding carboxylic acids is 1. The van der Waals surface area contributed by atoms with Gasteiger partial charge >= 0.3 is 0 Å². The number of nitro benzene ring substituents is 1. The highest BCUT2D eigenvalue weighted by atomic mass is 35.5. The molecule has 0 N–H and O–H groups in total. The molecule has 0 spiro atoms. The zero-order chi connectivity index (χ0) is 17.7. The molecule has 0 aliphatic heterocycles. The summed E-state index contributed by atoms with van der Waals surface area (Å²) in [5, 5.41) is 9.99. The molecule has 0 saturated heterocycles. The van der Waals surface area contributed by atoms with Crippen LogP contribution in [0.2, 0.25) is 0 Å².